The first-order valence-corrected chi connectivity index (χ1v) is 14.9. The predicted molar refractivity (Wildman–Crippen MR) is 155 cm³/mol. The van der Waals surface area contributed by atoms with E-state index in [-0.39, 0.29) is 17.2 Å². The Bertz CT molecular complexity index is 1750. The molecule has 1 aliphatic carbocycles. The van der Waals surface area contributed by atoms with Crippen LogP contribution in [-0.4, -0.2) is 58.3 Å². The van der Waals surface area contributed by atoms with Crippen LogP contribution in [0.3, 0.4) is 0 Å². The van der Waals surface area contributed by atoms with Crippen LogP contribution in [-0.2, 0) is 28.4 Å². The number of aromatic nitrogens is 3. The highest BCUT2D eigenvalue weighted by atomic mass is 35.5. The van der Waals surface area contributed by atoms with Gasteiger partial charge in [0.1, 0.15) is 17.0 Å². The summed E-state index contributed by atoms with van der Waals surface area (Å²) < 4.78 is 40.4. The summed E-state index contributed by atoms with van der Waals surface area (Å²) in [5.74, 6) is 1.48. The van der Waals surface area contributed by atoms with E-state index in [1.165, 1.54) is 13.2 Å². The van der Waals surface area contributed by atoms with E-state index in [0.29, 0.717) is 47.1 Å². The predicted octanol–water partition coefficient (Wildman–Crippen LogP) is 5.29. The molecule has 2 aromatic carbocycles. The second-order valence-corrected chi connectivity index (χ2v) is 12.4. The molecule has 4 aromatic rings. The van der Waals surface area contributed by atoms with Crippen molar-refractivity contribution >= 4 is 28.6 Å². The minimum atomic E-state index is -1.02. The summed E-state index contributed by atoms with van der Waals surface area (Å²) >= 11 is 6.04. The maximum Gasteiger partial charge on any atom is 0.338 e. The average Bonchev–Trinajstić information content (AvgIpc) is 3.26. The van der Waals surface area contributed by atoms with Crippen LogP contribution in [0, 0.1) is 17.7 Å². The van der Waals surface area contributed by atoms with Crippen LogP contribution in [0.2, 0.25) is 5.02 Å². The largest absolute Gasteiger partial charge is 0.465 e. The maximum atomic E-state index is 15.1. The first kappa shape index (κ1) is 26.9. The van der Waals surface area contributed by atoms with E-state index in [9.17, 15) is 4.79 Å². The minimum Gasteiger partial charge on any atom is -0.465 e. The van der Waals surface area contributed by atoms with Crippen LogP contribution in [0.15, 0.2) is 48.7 Å². The number of nitrogens with zero attached hydrogens (tertiary/aromatic N) is 4. The normalized spacial score (nSPS) is 27.3. The molecule has 2 unspecified atom stereocenters. The molecule has 0 N–H and O–H groups in total. The smallest absolute Gasteiger partial charge is 0.338 e. The van der Waals surface area contributed by atoms with Crippen molar-refractivity contribution in [3.63, 3.8) is 0 Å². The van der Waals surface area contributed by atoms with Gasteiger partial charge in [0.15, 0.2) is 17.3 Å². The molecule has 8 rings (SSSR count). The highest BCUT2D eigenvalue weighted by Gasteiger charge is 2.58. The third-order valence-corrected chi connectivity index (χ3v) is 9.51. The van der Waals surface area contributed by atoms with Crippen molar-refractivity contribution in [2.24, 2.45) is 11.8 Å². The molecule has 5 heterocycles. The van der Waals surface area contributed by atoms with Gasteiger partial charge in [0.2, 0.25) is 0 Å². The van der Waals surface area contributed by atoms with E-state index in [1.54, 1.807) is 18.3 Å². The lowest BCUT2D eigenvalue weighted by Crippen LogP contribution is -2.33. The van der Waals surface area contributed by atoms with Gasteiger partial charge in [0.05, 0.1) is 42.4 Å². The molecule has 4 aliphatic rings. The monoisotopic (exact) mass is 604 g/mol. The fourth-order valence-corrected chi connectivity index (χ4v) is 7.10. The highest BCUT2D eigenvalue weighted by molar-refractivity contribution is 6.30. The van der Waals surface area contributed by atoms with Gasteiger partial charge in [0.25, 0.3) is 5.79 Å². The number of fused-ring (bicyclic) bond motifs is 3. The van der Waals surface area contributed by atoms with Crippen molar-refractivity contribution in [2.45, 2.75) is 44.2 Å². The Balaban J connectivity index is 1.01. The Hall–Kier alpha value is -3.73. The van der Waals surface area contributed by atoms with Crippen LogP contribution >= 0.6 is 11.6 Å². The first-order valence-electron chi connectivity index (χ1n) is 14.5. The van der Waals surface area contributed by atoms with Gasteiger partial charge >= 0.3 is 5.97 Å². The molecule has 2 aromatic heterocycles. The Morgan fingerprint density at radius 1 is 1.19 bits per heavy atom. The van der Waals surface area contributed by atoms with Crippen LogP contribution in [0.4, 0.5) is 4.39 Å². The van der Waals surface area contributed by atoms with E-state index in [2.05, 4.69) is 16.0 Å². The van der Waals surface area contributed by atoms with Crippen LogP contribution in [0.25, 0.3) is 11.0 Å². The SMILES string of the molecule is COC(=O)c1cc(F)c2nc(CN3C[C@@H]4C(c5cccc6c5OC(C)(c5ccc(Cl)cn5)O6)[C@@H]4C3)n(C[C@@H]3CCO3)c2c1. The lowest BCUT2D eigenvalue weighted by Gasteiger charge is -2.28. The number of carbonyl (C=O) groups excluding carboxylic acids is 1. The van der Waals surface area contributed by atoms with Gasteiger partial charge in [-0.25, -0.2) is 14.2 Å². The van der Waals surface area contributed by atoms with Crippen molar-refractivity contribution in [1.29, 1.82) is 0 Å². The second-order valence-electron chi connectivity index (χ2n) is 12.0. The van der Waals surface area contributed by atoms with E-state index in [1.807, 2.05) is 29.7 Å². The quantitative estimate of drug-likeness (QED) is 0.263. The zero-order valence-electron chi connectivity index (χ0n) is 23.8. The number of benzene rings is 2. The van der Waals surface area contributed by atoms with Gasteiger partial charge in [0, 0.05) is 38.4 Å². The average molecular weight is 605 g/mol. The van der Waals surface area contributed by atoms with E-state index in [4.69, 9.17) is 35.5 Å². The number of ether oxygens (including phenoxy) is 4. The summed E-state index contributed by atoms with van der Waals surface area (Å²) in [5, 5.41) is 0.557. The van der Waals surface area contributed by atoms with Gasteiger partial charge in [-0.3, -0.25) is 9.88 Å². The molecule has 0 amide bonds. The number of likely N-dealkylation sites (tertiary alicyclic amines) is 1. The van der Waals surface area contributed by atoms with Crippen molar-refractivity contribution in [2.75, 3.05) is 26.8 Å². The molecule has 3 aliphatic heterocycles. The van der Waals surface area contributed by atoms with Gasteiger partial charge in [-0.15, -0.1) is 0 Å². The minimum absolute atomic E-state index is 0.0495. The number of carbonyl (C=O) groups is 1. The summed E-state index contributed by atoms with van der Waals surface area (Å²) in [6.45, 7) is 5.54. The lowest BCUT2D eigenvalue weighted by atomic mass is 10.0. The fourth-order valence-electron chi connectivity index (χ4n) is 6.99. The number of halogens is 2. The number of pyridine rings is 1. The maximum absolute atomic E-state index is 15.1. The Kier molecular flexibility index (Phi) is 6.19. The Morgan fingerprint density at radius 2 is 2.00 bits per heavy atom. The fraction of sp³-hybridized carbons (Fsp3) is 0.406. The summed E-state index contributed by atoms with van der Waals surface area (Å²) in [7, 11) is 1.29. The molecule has 11 heteroatoms. The molecule has 9 nitrogen and oxygen atoms in total. The molecule has 1 saturated carbocycles. The standard InChI is InChI=1S/C32H30ClFN4O5/c1-32(26-7-6-18(33)12-35-26)42-25-5-3-4-20(30(25)43-32)28-21-14-37(15-22(21)28)16-27-36-29-23(34)10-17(31(39)40-2)11-24(29)38(27)13-19-8-9-41-19/h3-7,10-12,19,21-22,28H,8-9,13-16H2,1-2H3/t19-,21-,22+,28?,32?/m0/s1. The van der Waals surface area contributed by atoms with Crippen molar-refractivity contribution in [3.8, 4) is 11.5 Å². The van der Waals surface area contributed by atoms with Crippen LogP contribution < -0.4 is 9.47 Å². The molecule has 5 atom stereocenters. The number of hydrogen-bond acceptors (Lipinski definition) is 8. The topological polar surface area (TPSA) is 87.9 Å². The molecule has 0 radical (unpaired) electrons. The number of hydrogen-bond donors (Lipinski definition) is 0. The molecule has 43 heavy (non-hydrogen) atoms. The number of rotatable bonds is 7. The molecular formula is C32H30ClFN4O5. The van der Waals surface area contributed by atoms with Crippen LogP contribution in [0.1, 0.15) is 46.7 Å². The number of methoxy groups -OCH3 is 1. The van der Waals surface area contributed by atoms with E-state index >= 15 is 4.39 Å². The molecular weight excluding hydrogens is 575 g/mol. The van der Waals surface area contributed by atoms with E-state index < -0.39 is 17.6 Å². The third kappa shape index (κ3) is 4.46. The molecule has 0 spiro atoms. The third-order valence-electron chi connectivity index (χ3n) is 9.28. The number of imidazole rings is 1. The van der Waals surface area contributed by atoms with Crippen molar-refractivity contribution in [1.82, 2.24) is 19.4 Å². The lowest BCUT2D eigenvalue weighted by molar-refractivity contribution is -0.0721. The summed E-state index contributed by atoms with van der Waals surface area (Å²) in [5.41, 5.74) is 2.84. The Morgan fingerprint density at radius 3 is 2.70 bits per heavy atom. The van der Waals surface area contributed by atoms with Gasteiger partial charge in [-0.05, 0) is 54.5 Å². The number of para-hydroxylation sites is 1. The molecule has 2 saturated heterocycles. The number of piperidine rings is 1. The van der Waals surface area contributed by atoms with Crippen molar-refractivity contribution < 1.29 is 28.1 Å². The van der Waals surface area contributed by atoms with Gasteiger partial charge in [-0.2, -0.15) is 0 Å². The Labute approximate surface area is 252 Å². The highest BCUT2D eigenvalue weighted by Crippen LogP contribution is 2.62. The second kappa shape index (κ2) is 9.90. The van der Waals surface area contributed by atoms with Crippen molar-refractivity contribution in [3.05, 3.63) is 82.1 Å². The zero-order chi connectivity index (χ0) is 29.5. The summed E-state index contributed by atoms with van der Waals surface area (Å²) in [6.07, 6.45) is 2.58. The molecule has 0 bridgehead atoms. The summed E-state index contributed by atoms with van der Waals surface area (Å²) in [6, 6.07) is 12.6. The van der Waals surface area contributed by atoms with Gasteiger partial charge in [-0.1, -0.05) is 23.7 Å². The number of esters is 1. The molecule has 222 valence electrons. The summed E-state index contributed by atoms with van der Waals surface area (Å²) in [4.78, 5) is 23.7. The zero-order valence-corrected chi connectivity index (χ0v) is 24.5. The van der Waals surface area contributed by atoms with Gasteiger partial charge < -0.3 is 23.5 Å². The molecule has 3 fully saturated rings. The van der Waals surface area contributed by atoms with Crippen LogP contribution in [0.5, 0.6) is 11.5 Å². The van der Waals surface area contributed by atoms with E-state index in [0.717, 1.165) is 49.0 Å². The first-order chi connectivity index (χ1) is 20.8.